The molecule has 0 aliphatic heterocycles. The van der Waals surface area contributed by atoms with E-state index in [2.05, 4.69) is 118 Å². The van der Waals surface area contributed by atoms with Crippen LogP contribution in [0.15, 0.2) is 140 Å². The van der Waals surface area contributed by atoms with Gasteiger partial charge >= 0.3 is 0 Å². The Kier molecular flexibility index (Phi) is 6.36. The van der Waals surface area contributed by atoms with E-state index in [0.717, 1.165) is 39.4 Å². The predicted molar refractivity (Wildman–Crippen MR) is 215 cm³/mol. The van der Waals surface area contributed by atoms with Gasteiger partial charge in [-0.25, -0.2) is 4.98 Å². The number of para-hydroxylation sites is 1. The third kappa shape index (κ3) is 4.23. The fraction of sp³-hybridized carbons (Fsp3) is 0.0667. The highest BCUT2D eigenvalue weighted by molar-refractivity contribution is 7.27. The van der Waals surface area contributed by atoms with Gasteiger partial charge in [-0.15, -0.1) is 11.3 Å². The quantitative estimate of drug-likeness (QED) is 0.185. The van der Waals surface area contributed by atoms with Gasteiger partial charge in [0.1, 0.15) is 0 Å². The number of fused-ring (bicyclic) bond motifs is 11. The molecule has 7 heteroatoms. The molecular weight excluding hydrogens is 657 g/mol. The van der Waals surface area contributed by atoms with E-state index in [1.54, 1.807) is 0 Å². The maximum absolute atomic E-state index is 5.21. The van der Waals surface area contributed by atoms with Gasteiger partial charge in [0.25, 0.3) is 0 Å². The SMILES string of the molecule is CC1CC=Cc2c1c1c3sc4ccc5c6cnccc6n(-c6nc(-c7ccccc7)nc(-c7ccccc7)n6)c5c4c3ccc1n2-c1ccccc1. The minimum atomic E-state index is 0.402. The molecular formula is C45H30N6S. The number of hydrogen-bond acceptors (Lipinski definition) is 5. The van der Waals surface area contributed by atoms with Crippen LogP contribution in [0.1, 0.15) is 30.5 Å². The summed E-state index contributed by atoms with van der Waals surface area (Å²) in [5.41, 5.74) is 9.10. The number of aromatic nitrogens is 6. The average Bonchev–Trinajstić information content (AvgIpc) is 3.87. The zero-order chi connectivity index (χ0) is 34.3. The Balaban J connectivity index is 1.27. The molecule has 5 aromatic heterocycles. The van der Waals surface area contributed by atoms with Crippen LogP contribution in [0, 0.1) is 0 Å². The molecule has 1 aliphatic rings. The molecule has 0 saturated carbocycles. The van der Waals surface area contributed by atoms with E-state index < -0.39 is 0 Å². The Labute approximate surface area is 303 Å². The van der Waals surface area contributed by atoms with E-state index in [0.29, 0.717) is 23.5 Å². The average molecular weight is 687 g/mol. The monoisotopic (exact) mass is 686 g/mol. The van der Waals surface area contributed by atoms with Crippen molar-refractivity contribution in [3.05, 3.63) is 151 Å². The van der Waals surface area contributed by atoms with Gasteiger partial charge < -0.3 is 4.57 Å². The van der Waals surface area contributed by atoms with E-state index >= 15 is 0 Å². The van der Waals surface area contributed by atoms with Crippen LogP contribution in [0.5, 0.6) is 0 Å². The third-order valence-electron chi connectivity index (χ3n) is 10.5. The molecule has 1 aliphatic carbocycles. The largest absolute Gasteiger partial charge is 0.310 e. The van der Waals surface area contributed by atoms with Gasteiger partial charge in [-0.05, 0) is 54.3 Å². The zero-order valence-corrected chi connectivity index (χ0v) is 29.0. The highest BCUT2D eigenvalue weighted by Gasteiger charge is 2.27. The number of rotatable bonds is 4. The molecule has 1 unspecified atom stereocenters. The van der Waals surface area contributed by atoms with Gasteiger partial charge in [-0.1, -0.05) is 104 Å². The molecule has 0 saturated heterocycles. The summed E-state index contributed by atoms with van der Waals surface area (Å²) in [5.74, 6) is 2.25. The molecule has 0 radical (unpaired) electrons. The molecule has 246 valence electrons. The van der Waals surface area contributed by atoms with Gasteiger partial charge in [-0.3, -0.25) is 9.55 Å². The lowest BCUT2D eigenvalue weighted by molar-refractivity contribution is 0.773. The van der Waals surface area contributed by atoms with Crippen molar-refractivity contribution in [2.45, 2.75) is 19.3 Å². The first kappa shape index (κ1) is 29.3. The van der Waals surface area contributed by atoms with Crippen LogP contribution in [-0.2, 0) is 0 Å². The minimum Gasteiger partial charge on any atom is -0.310 e. The molecule has 0 N–H and O–H groups in total. The lowest BCUT2D eigenvalue weighted by Gasteiger charge is -2.16. The second-order valence-electron chi connectivity index (χ2n) is 13.5. The summed E-state index contributed by atoms with van der Waals surface area (Å²) in [7, 11) is 0. The highest BCUT2D eigenvalue weighted by atomic mass is 32.1. The maximum Gasteiger partial charge on any atom is 0.238 e. The topological polar surface area (TPSA) is 61.4 Å². The number of nitrogens with zero attached hydrogens (tertiary/aromatic N) is 6. The van der Waals surface area contributed by atoms with Gasteiger partial charge in [0, 0.05) is 65.5 Å². The molecule has 6 nitrogen and oxygen atoms in total. The summed E-state index contributed by atoms with van der Waals surface area (Å²) in [4.78, 5) is 20.0. The van der Waals surface area contributed by atoms with Crippen molar-refractivity contribution in [1.29, 1.82) is 0 Å². The smallest absolute Gasteiger partial charge is 0.238 e. The van der Waals surface area contributed by atoms with Crippen LogP contribution in [-0.4, -0.2) is 29.1 Å². The second-order valence-corrected chi connectivity index (χ2v) is 14.6. The molecule has 52 heavy (non-hydrogen) atoms. The van der Waals surface area contributed by atoms with E-state index in [-0.39, 0.29) is 0 Å². The van der Waals surface area contributed by atoms with Gasteiger partial charge in [-0.2, -0.15) is 9.97 Å². The highest BCUT2D eigenvalue weighted by Crippen LogP contribution is 2.49. The third-order valence-corrected chi connectivity index (χ3v) is 11.7. The van der Waals surface area contributed by atoms with Crippen LogP contribution in [0.4, 0.5) is 0 Å². The first-order valence-corrected chi connectivity index (χ1v) is 18.4. The number of pyridine rings is 1. The maximum atomic E-state index is 5.21. The molecule has 5 heterocycles. The standard InChI is InChI=1S/C45H30N6S/c1-27-12-11-19-35-38(27)40-36(50(35)30-17-9-4-10-18-30)22-20-32-39-37(52-42(32)40)23-21-31-33-26-46-25-24-34(33)51(41(31)39)45-48-43(28-13-5-2-6-14-28)47-44(49-45)29-15-7-3-8-16-29/h2-11,13-27H,12H2,1H3. The summed E-state index contributed by atoms with van der Waals surface area (Å²) in [6, 6.07) is 42.4. The molecule has 5 aromatic carbocycles. The summed E-state index contributed by atoms with van der Waals surface area (Å²) < 4.78 is 7.23. The van der Waals surface area contributed by atoms with Gasteiger partial charge in [0.2, 0.25) is 5.95 Å². The summed E-state index contributed by atoms with van der Waals surface area (Å²) in [6.45, 7) is 2.36. The zero-order valence-electron chi connectivity index (χ0n) is 28.2. The fourth-order valence-corrected chi connectivity index (χ4v) is 9.47. The minimum absolute atomic E-state index is 0.402. The van der Waals surface area contributed by atoms with E-state index in [9.17, 15) is 0 Å². The Morgan fingerprint density at radius 3 is 2.06 bits per heavy atom. The Hall–Kier alpha value is -6.44. The van der Waals surface area contributed by atoms with Crippen LogP contribution >= 0.6 is 11.3 Å². The van der Waals surface area contributed by atoms with Crippen molar-refractivity contribution in [2.24, 2.45) is 0 Å². The lowest BCUT2D eigenvalue weighted by Crippen LogP contribution is -2.06. The van der Waals surface area contributed by atoms with Crippen molar-refractivity contribution in [2.75, 3.05) is 0 Å². The molecule has 0 spiro atoms. The fourth-order valence-electron chi connectivity index (χ4n) is 8.21. The van der Waals surface area contributed by atoms with Crippen molar-refractivity contribution >= 4 is 70.3 Å². The molecule has 1 atom stereocenters. The van der Waals surface area contributed by atoms with Gasteiger partial charge in [0.05, 0.1) is 22.2 Å². The molecule has 10 aromatic rings. The number of allylic oxidation sites excluding steroid dienone is 1. The van der Waals surface area contributed by atoms with Crippen molar-refractivity contribution in [1.82, 2.24) is 29.1 Å². The Bertz CT molecular complexity index is 2990. The van der Waals surface area contributed by atoms with Crippen molar-refractivity contribution in [3.63, 3.8) is 0 Å². The summed E-state index contributed by atoms with van der Waals surface area (Å²) in [5, 5.41) is 5.99. The number of benzene rings is 5. The molecule has 0 amide bonds. The number of hydrogen-bond donors (Lipinski definition) is 0. The van der Waals surface area contributed by atoms with E-state index in [1.165, 1.54) is 48.0 Å². The van der Waals surface area contributed by atoms with Crippen LogP contribution in [0.3, 0.4) is 0 Å². The number of thiophene rings is 1. The normalized spacial score (nSPS) is 14.3. The van der Waals surface area contributed by atoms with E-state index in [1.807, 2.05) is 60.1 Å². The summed E-state index contributed by atoms with van der Waals surface area (Å²) in [6.07, 6.45) is 9.50. The second kappa shape index (κ2) is 11.3. The van der Waals surface area contributed by atoms with Crippen LogP contribution in [0.25, 0.3) is 93.4 Å². The van der Waals surface area contributed by atoms with Gasteiger partial charge in [0.15, 0.2) is 11.6 Å². The van der Waals surface area contributed by atoms with Crippen LogP contribution in [0.2, 0.25) is 0 Å². The first-order chi connectivity index (χ1) is 25.7. The predicted octanol–water partition coefficient (Wildman–Crippen LogP) is 11.5. The molecule has 0 bridgehead atoms. The Morgan fingerprint density at radius 2 is 1.33 bits per heavy atom. The molecule has 11 rings (SSSR count). The van der Waals surface area contributed by atoms with Crippen molar-refractivity contribution in [3.8, 4) is 34.4 Å². The lowest BCUT2D eigenvalue weighted by atomic mass is 9.90. The Morgan fingerprint density at radius 1 is 0.635 bits per heavy atom. The first-order valence-electron chi connectivity index (χ1n) is 17.6. The van der Waals surface area contributed by atoms with Crippen molar-refractivity contribution < 1.29 is 0 Å². The van der Waals surface area contributed by atoms with Crippen LogP contribution < -0.4 is 0 Å². The summed E-state index contributed by atoms with van der Waals surface area (Å²) >= 11 is 1.88. The van der Waals surface area contributed by atoms with E-state index in [4.69, 9.17) is 15.0 Å². The molecule has 0 fully saturated rings.